The number of nitrogens with zero attached hydrogens (tertiary/aromatic N) is 2. The lowest BCUT2D eigenvalue weighted by atomic mass is 10.1. The number of aromatic nitrogens is 2. The monoisotopic (exact) mass is 359 g/mol. The van der Waals surface area contributed by atoms with Crippen molar-refractivity contribution in [1.29, 1.82) is 0 Å². The van der Waals surface area contributed by atoms with Gasteiger partial charge in [-0.3, -0.25) is 9.48 Å². The van der Waals surface area contributed by atoms with Gasteiger partial charge in [0, 0.05) is 12.7 Å². The molecule has 1 aromatic carbocycles. The molecule has 0 aliphatic rings. The van der Waals surface area contributed by atoms with Crippen molar-refractivity contribution in [3.05, 3.63) is 46.8 Å². The first-order valence-electron chi connectivity index (χ1n) is 8.05. The number of ether oxygens (including phenoxy) is 2. The molecule has 0 saturated carbocycles. The Kier molecular flexibility index (Phi) is 6.11. The van der Waals surface area contributed by atoms with E-state index in [2.05, 4.69) is 19.9 Å². The van der Waals surface area contributed by atoms with Gasteiger partial charge in [-0.1, -0.05) is 13.3 Å². The number of carbonyl (C=O) groups excluding carboxylic acids is 3. The van der Waals surface area contributed by atoms with Crippen LogP contribution in [0.3, 0.4) is 0 Å². The van der Waals surface area contributed by atoms with E-state index >= 15 is 0 Å². The normalized spacial score (nSPS) is 10.3. The summed E-state index contributed by atoms with van der Waals surface area (Å²) in [7, 11) is 4.14. The molecule has 0 spiro atoms. The first-order valence-corrected chi connectivity index (χ1v) is 8.05. The predicted molar refractivity (Wildman–Crippen MR) is 94.3 cm³/mol. The SMILES string of the molecule is CCCc1cc(C(=O)Nc2cc(C(=O)OC)cc(C(=O)OC)c2)n(C)n1. The van der Waals surface area contributed by atoms with Crippen LogP contribution in [0.1, 0.15) is 50.2 Å². The fourth-order valence-electron chi connectivity index (χ4n) is 2.48. The van der Waals surface area contributed by atoms with Gasteiger partial charge in [0.1, 0.15) is 5.69 Å². The van der Waals surface area contributed by atoms with E-state index < -0.39 is 17.8 Å². The molecule has 1 heterocycles. The second-order valence-corrected chi connectivity index (χ2v) is 5.63. The minimum absolute atomic E-state index is 0.127. The van der Waals surface area contributed by atoms with Gasteiger partial charge in [-0.05, 0) is 30.7 Å². The molecular weight excluding hydrogens is 338 g/mol. The molecule has 1 aromatic heterocycles. The number of rotatable bonds is 6. The smallest absolute Gasteiger partial charge is 0.337 e. The summed E-state index contributed by atoms with van der Waals surface area (Å²) in [4.78, 5) is 36.2. The zero-order chi connectivity index (χ0) is 19.3. The molecule has 0 fully saturated rings. The number of anilines is 1. The lowest BCUT2D eigenvalue weighted by Gasteiger charge is -2.09. The highest BCUT2D eigenvalue weighted by atomic mass is 16.5. The van der Waals surface area contributed by atoms with Crippen molar-refractivity contribution in [2.24, 2.45) is 7.05 Å². The topological polar surface area (TPSA) is 99.5 Å². The Bertz CT molecular complexity index is 807. The molecule has 1 amide bonds. The molecule has 26 heavy (non-hydrogen) atoms. The summed E-state index contributed by atoms with van der Waals surface area (Å²) in [6.07, 6.45) is 1.69. The Morgan fingerprint density at radius 3 is 2.12 bits per heavy atom. The lowest BCUT2D eigenvalue weighted by molar-refractivity contribution is 0.0599. The summed E-state index contributed by atoms with van der Waals surface area (Å²) in [5.74, 6) is -1.66. The highest BCUT2D eigenvalue weighted by Gasteiger charge is 2.17. The maximum Gasteiger partial charge on any atom is 0.337 e. The largest absolute Gasteiger partial charge is 0.465 e. The third-order valence-corrected chi connectivity index (χ3v) is 3.70. The number of benzene rings is 1. The summed E-state index contributed by atoms with van der Waals surface area (Å²) >= 11 is 0. The molecule has 138 valence electrons. The van der Waals surface area contributed by atoms with Crippen LogP contribution in [0.15, 0.2) is 24.3 Å². The molecule has 0 atom stereocenters. The number of carbonyl (C=O) groups is 3. The number of nitrogens with one attached hydrogen (secondary N) is 1. The summed E-state index contributed by atoms with van der Waals surface area (Å²) in [5, 5.41) is 6.97. The molecule has 1 N–H and O–H groups in total. The van der Waals surface area contributed by atoms with Gasteiger partial charge in [-0.25, -0.2) is 9.59 Å². The predicted octanol–water partition coefficient (Wildman–Crippen LogP) is 2.20. The maximum absolute atomic E-state index is 12.5. The second-order valence-electron chi connectivity index (χ2n) is 5.63. The molecule has 0 bridgehead atoms. The molecule has 0 aliphatic heterocycles. The zero-order valence-electron chi connectivity index (χ0n) is 15.2. The Morgan fingerprint density at radius 2 is 1.62 bits per heavy atom. The van der Waals surface area contributed by atoms with E-state index in [9.17, 15) is 14.4 Å². The summed E-state index contributed by atoms with van der Waals surface area (Å²) < 4.78 is 10.9. The second kappa shape index (κ2) is 8.28. The Morgan fingerprint density at radius 1 is 1.04 bits per heavy atom. The van der Waals surface area contributed by atoms with Crippen molar-refractivity contribution in [2.75, 3.05) is 19.5 Å². The highest BCUT2D eigenvalue weighted by Crippen LogP contribution is 2.18. The molecule has 0 unspecified atom stereocenters. The van der Waals surface area contributed by atoms with Gasteiger partial charge in [0.15, 0.2) is 0 Å². The van der Waals surface area contributed by atoms with Crippen LogP contribution in [0.25, 0.3) is 0 Å². The van der Waals surface area contributed by atoms with Crippen LogP contribution >= 0.6 is 0 Å². The summed E-state index contributed by atoms with van der Waals surface area (Å²) in [6, 6.07) is 5.92. The fourth-order valence-corrected chi connectivity index (χ4v) is 2.48. The third-order valence-electron chi connectivity index (χ3n) is 3.70. The molecular formula is C18H21N3O5. The van der Waals surface area contributed by atoms with Gasteiger partial charge in [-0.15, -0.1) is 0 Å². The maximum atomic E-state index is 12.5. The average molecular weight is 359 g/mol. The van der Waals surface area contributed by atoms with Gasteiger partial charge >= 0.3 is 11.9 Å². The van der Waals surface area contributed by atoms with Gasteiger partial charge in [0.2, 0.25) is 0 Å². The summed E-state index contributed by atoms with van der Waals surface area (Å²) in [5.41, 5.74) is 1.72. The van der Waals surface area contributed by atoms with Crippen molar-refractivity contribution in [1.82, 2.24) is 9.78 Å². The van der Waals surface area contributed by atoms with Gasteiger partial charge < -0.3 is 14.8 Å². The minimum Gasteiger partial charge on any atom is -0.465 e. The van der Waals surface area contributed by atoms with Crippen LogP contribution in [0.2, 0.25) is 0 Å². The molecule has 8 nitrogen and oxygen atoms in total. The fraction of sp³-hybridized carbons (Fsp3) is 0.333. The molecule has 2 aromatic rings. The number of amides is 1. The van der Waals surface area contributed by atoms with Crippen LogP contribution in [0.5, 0.6) is 0 Å². The van der Waals surface area contributed by atoms with Crippen LogP contribution in [-0.4, -0.2) is 41.8 Å². The van der Waals surface area contributed by atoms with E-state index in [1.165, 1.54) is 37.1 Å². The van der Waals surface area contributed by atoms with Crippen molar-refractivity contribution < 1.29 is 23.9 Å². The number of esters is 2. The lowest BCUT2D eigenvalue weighted by Crippen LogP contribution is -2.17. The van der Waals surface area contributed by atoms with Crippen molar-refractivity contribution >= 4 is 23.5 Å². The van der Waals surface area contributed by atoms with E-state index in [0.717, 1.165) is 18.5 Å². The standard InChI is InChI=1S/C18H21N3O5/c1-5-6-13-10-15(21(2)20-13)16(22)19-14-8-11(17(23)25-3)7-12(9-14)18(24)26-4/h7-10H,5-6H2,1-4H3,(H,19,22). The zero-order valence-corrected chi connectivity index (χ0v) is 15.2. The minimum atomic E-state index is -0.628. The molecule has 0 radical (unpaired) electrons. The third kappa shape index (κ3) is 4.27. The van der Waals surface area contributed by atoms with Crippen LogP contribution in [0, 0.1) is 0 Å². The molecule has 8 heteroatoms. The molecule has 0 saturated heterocycles. The van der Waals surface area contributed by atoms with Gasteiger partial charge in [0.05, 0.1) is 31.0 Å². The Balaban J connectivity index is 2.34. The van der Waals surface area contributed by atoms with Crippen molar-refractivity contribution in [2.45, 2.75) is 19.8 Å². The first kappa shape index (κ1) is 19.2. The number of aryl methyl sites for hydroxylation is 2. The average Bonchev–Trinajstić information content (AvgIpc) is 3.00. The van der Waals surface area contributed by atoms with E-state index in [4.69, 9.17) is 0 Å². The van der Waals surface area contributed by atoms with Crippen LogP contribution in [-0.2, 0) is 22.9 Å². The number of methoxy groups -OCH3 is 2. The van der Waals surface area contributed by atoms with Crippen molar-refractivity contribution in [3.63, 3.8) is 0 Å². The van der Waals surface area contributed by atoms with Gasteiger partial charge in [-0.2, -0.15) is 5.10 Å². The Labute approximate surface area is 151 Å². The van der Waals surface area contributed by atoms with E-state index in [1.54, 1.807) is 13.1 Å². The van der Waals surface area contributed by atoms with E-state index in [1.807, 2.05) is 6.92 Å². The quantitative estimate of drug-likeness (QED) is 0.794. The van der Waals surface area contributed by atoms with Crippen LogP contribution < -0.4 is 5.32 Å². The van der Waals surface area contributed by atoms with E-state index in [0.29, 0.717) is 5.69 Å². The van der Waals surface area contributed by atoms with Crippen LogP contribution in [0.4, 0.5) is 5.69 Å². The van der Waals surface area contributed by atoms with E-state index in [-0.39, 0.29) is 16.8 Å². The summed E-state index contributed by atoms with van der Waals surface area (Å²) in [6.45, 7) is 2.03. The first-order chi connectivity index (χ1) is 12.4. The molecule has 2 rings (SSSR count). The number of hydrogen-bond donors (Lipinski definition) is 1. The number of hydrogen-bond acceptors (Lipinski definition) is 6. The highest BCUT2D eigenvalue weighted by molar-refractivity contribution is 6.05. The molecule has 0 aliphatic carbocycles. The Hall–Kier alpha value is -3.16. The van der Waals surface area contributed by atoms with Crippen molar-refractivity contribution in [3.8, 4) is 0 Å². The van der Waals surface area contributed by atoms with Gasteiger partial charge in [0.25, 0.3) is 5.91 Å².